The summed E-state index contributed by atoms with van der Waals surface area (Å²) in [6.45, 7) is 2.12. The third-order valence-electron chi connectivity index (χ3n) is 7.31. The number of carbonyl (C=O) groups is 1. The van der Waals surface area contributed by atoms with Crippen LogP contribution in [0.4, 0.5) is 11.4 Å². The van der Waals surface area contributed by atoms with Crippen molar-refractivity contribution in [1.82, 2.24) is 14.2 Å². The van der Waals surface area contributed by atoms with Gasteiger partial charge in [0.15, 0.2) is 0 Å². The number of likely N-dealkylation sites (N-methyl/N-ethyl adjacent to an activating group) is 1. The number of fused-ring (bicyclic) bond motifs is 1. The molecule has 10 nitrogen and oxygen atoms in total. The maximum absolute atomic E-state index is 14.0. The molecule has 1 fully saturated rings. The van der Waals surface area contributed by atoms with Gasteiger partial charge >= 0.3 is 0 Å². The number of rotatable bonds is 8. The number of benzene rings is 3. The van der Waals surface area contributed by atoms with E-state index in [0.717, 1.165) is 9.99 Å². The first-order valence-corrected chi connectivity index (χ1v) is 14.3. The molecule has 1 amide bonds. The fraction of sp³-hybridized carbons (Fsp3) is 0.241. The van der Waals surface area contributed by atoms with E-state index in [4.69, 9.17) is 0 Å². The molecular weight excluding hydrogens is 530 g/mol. The number of hydrogen-bond donors (Lipinski definition) is 0. The second-order valence-electron chi connectivity index (χ2n) is 9.67. The predicted octanol–water partition coefficient (Wildman–Crippen LogP) is 3.72. The number of sulfonamides is 1. The van der Waals surface area contributed by atoms with Crippen molar-refractivity contribution in [2.75, 3.05) is 38.1 Å². The van der Waals surface area contributed by atoms with E-state index in [1.54, 1.807) is 41.4 Å². The van der Waals surface area contributed by atoms with Crippen LogP contribution < -0.4 is 4.90 Å². The zero-order chi connectivity index (χ0) is 28.3. The van der Waals surface area contributed by atoms with E-state index >= 15 is 0 Å². The van der Waals surface area contributed by atoms with Gasteiger partial charge in [-0.1, -0.05) is 42.5 Å². The lowest BCUT2D eigenvalue weighted by molar-refractivity contribution is -0.384. The molecule has 0 aliphatic carbocycles. The van der Waals surface area contributed by atoms with Crippen molar-refractivity contribution in [1.29, 1.82) is 0 Å². The molecule has 4 aromatic rings. The van der Waals surface area contributed by atoms with Gasteiger partial charge in [0, 0.05) is 74.2 Å². The second-order valence-corrected chi connectivity index (χ2v) is 11.6. The Morgan fingerprint density at radius 2 is 1.68 bits per heavy atom. The normalized spacial score (nSPS) is 14.8. The van der Waals surface area contributed by atoms with Gasteiger partial charge in [0.25, 0.3) is 5.69 Å². The van der Waals surface area contributed by atoms with Crippen molar-refractivity contribution in [2.45, 2.75) is 17.4 Å². The van der Waals surface area contributed by atoms with Gasteiger partial charge in [-0.05, 0) is 36.2 Å². The fourth-order valence-electron chi connectivity index (χ4n) is 5.02. The fourth-order valence-corrected chi connectivity index (χ4v) is 6.55. The lowest BCUT2D eigenvalue weighted by Gasteiger charge is -2.39. The standard InChI is InChI=1S/C29H29N5O5S/c1-31(40(38,39)28-9-5-6-23-21-30-15-14-26(23)28)27(20-22-10-12-25(13-11-22)34(36)37)29(35)33-18-16-32(17-19-33)24-7-3-2-4-8-24/h2-15,21,27H,16-20H2,1H3. The molecule has 0 bridgehead atoms. The summed E-state index contributed by atoms with van der Waals surface area (Å²) < 4.78 is 29.1. The van der Waals surface area contributed by atoms with Crippen molar-refractivity contribution in [3.05, 3.63) is 107 Å². The number of nitro benzene ring substituents is 1. The highest BCUT2D eigenvalue weighted by Crippen LogP contribution is 2.28. The van der Waals surface area contributed by atoms with Crippen LogP contribution in [-0.4, -0.2) is 72.7 Å². The van der Waals surface area contributed by atoms with Crippen LogP contribution in [0.3, 0.4) is 0 Å². The Hall–Kier alpha value is -4.35. The molecule has 3 aromatic carbocycles. The average Bonchev–Trinajstić information content (AvgIpc) is 2.99. The van der Waals surface area contributed by atoms with Crippen LogP contribution in [0.1, 0.15) is 5.56 Å². The van der Waals surface area contributed by atoms with Gasteiger partial charge in [-0.2, -0.15) is 4.31 Å². The Kier molecular flexibility index (Phi) is 7.76. The summed E-state index contributed by atoms with van der Waals surface area (Å²) in [7, 11) is -2.68. The smallest absolute Gasteiger partial charge is 0.269 e. The number of pyridine rings is 1. The van der Waals surface area contributed by atoms with Crippen molar-refractivity contribution in [2.24, 2.45) is 0 Å². The number of piperazine rings is 1. The number of nitro groups is 1. The zero-order valence-corrected chi connectivity index (χ0v) is 22.8. The Morgan fingerprint density at radius 1 is 0.975 bits per heavy atom. The van der Waals surface area contributed by atoms with Gasteiger partial charge in [-0.3, -0.25) is 19.9 Å². The third-order valence-corrected chi connectivity index (χ3v) is 9.24. The van der Waals surface area contributed by atoms with E-state index in [0.29, 0.717) is 42.5 Å². The summed E-state index contributed by atoms with van der Waals surface area (Å²) in [5, 5.41) is 12.3. The molecule has 0 N–H and O–H groups in total. The Bertz CT molecular complexity index is 1620. The van der Waals surface area contributed by atoms with Gasteiger partial charge < -0.3 is 9.80 Å². The number of hydrogen-bond acceptors (Lipinski definition) is 7. The monoisotopic (exact) mass is 559 g/mol. The van der Waals surface area contributed by atoms with E-state index in [-0.39, 0.29) is 22.9 Å². The first-order valence-electron chi connectivity index (χ1n) is 12.9. The summed E-state index contributed by atoms with van der Waals surface area (Å²) in [4.78, 5) is 32.7. The molecule has 1 aliphatic rings. The number of carbonyl (C=O) groups excluding carboxylic acids is 1. The minimum absolute atomic E-state index is 0.0672. The van der Waals surface area contributed by atoms with Gasteiger partial charge in [0.05, 0.1) is 9.82 Å². The minimum atomic E-state index is -4.10. The Balaban J connectivity index is 1.45. The number of anilines is 1. The molecule has 1 aliphatic heterocycles. The van der Waals surface area contributed by atoms with Crippen LogP contribution in [0, 0.1) is 10.1 Å². The second kappa shape index (κ2) is 11.4. The molecule has 1 saturated heterocycles. The van der Waals surface area contributed by atoms with Crippen LogP contribution in [0.25, 0.3) is 10.8 Å². The average molecular weight is 560 g/mol. The van der Waals surface area contributed by atoms with E-state index < -0.39 is 21.0 Å². The molecule has 0 radical (unpaired) electrons. The van der Waals surface area contributed by atoms with Gasteiger partial charge in [-0.25, -0.2) is 8.42 Å². The van der Waals surface area contributed by atoms with Crippen molar-refractivity contribution in [3.63, 3.8) is 0 Å². The van der Waals surface area contributed by atoms with Crippen LogP contribution in [-0.2, 0) is 21.2 Å². The SMILES string of the molecule is CN(C(Cc1ccc([N+](=O)[O-])cc1)C(=O)N1CCN(c2ccccc2)CC1)S(=O)(=O)c1cccc2cnccc12. The number of aromatic nitrogens is 1. The molecule has 5 rings (SSSR count). The highest BCUT2D eigenvalue weighted by atomic mass is 32.2. The first kappa shape index (κ1) is 27.2. The molecule has 0 spiro atoms. The number of para-hydroxylation sites is 1. The number of nitrogens with zero attached hydrogens (tertiary/aromatic N) is 5. The van der Waals surface area contributed by atoms with Crippen LogP contribution in [0.15, 0.2) is 96.2 Å². The van der Waals surface area contributed by atoms with E-state index in [9.17, 15) is 23.3 Å². The number of amides is 1. The predicted molar refractivity (Wildman–Crippen MR) is 153 cm³/mol. The maximum Gasteiger partial charge on any atom is 0.269 e. The highest BCUT2D eigenvalue weighted by molar-refractivity contribution is 7.89. The molecule has 2 heterocycles. The summed E-state index contributed by atoms with van der Waals surface area (Å²) >= 11 is 0. The lowest BCUT2D eigenvalue weighted by atomic mass is 10.0. The topological polar surface area (TPSA) is 117 Å². The molecule has 0 saturated carbocycles. The summed E-state index contributed by atoms with van der Waals surface area (Å²) in [5.41, 5.74) is 1.62. The van der Waals surface area contributed by atoms with Crippen LogP contribution in [0.2, 0.25) is 0 Å². The van der Waals surface area contributed by atoms with Crippen molar-refractivity contribution in [3.8, 4) is 0 Å². The Morgan fingerprint density at radius 3 is 2.35 bits per heavy atom. The maximum atomic E-state index is 14.0. The summed E-state index contributed by atoms with van der Waals surface area (Å²) in [6, 6.07) is 21.4. The zero-order valence-electron chi connectivity index (χ0n) is 22.0. The van der Waals surface area contributed by atoms with Crippen LogP contribution in [0.5, 0.6) is 0 Å². The van der Waals surface area contributed by atoms with E-state index in [1.165, 1.54) is 31.4 Å². The molecule has 1 aromatic heterocycles. The molecule has 1 atom stereocenters. The lowest BCUT2D eigenvalue weighted by Crippen LogP contribution is -2.56. The molecular formula is C29H29N5O5S. The third kappa shape index (κ3) is 5.51. The van der Waals surface area contributed by atoms with Crippen LogP contribution >= 0.6 is 0 Å². The van der Waals surface area contributed by atoms with Gasteiger partial charge in [0.2, 0.25) is 15.9 Å². The van der Waals surface area contributed by atoms with Crippen molar-refractivity contribution < 1.29 is 18.1 Å². The molecule has 206 valence electrons. The van der Waals surface area contributed by atoms with E-state index in [1.807, 2.05) is 30.3 Å². The summed E-state index contributed by atoms with van der Waals surface area (Å²) in [6.07, 6.45) is 3.20. The molecule has 40 heavy (non-hydrogen) atoms. The number of non-ortho nitro benzene ring substituents is 1. The summed E-state index contributed by atoms with van der Waals surface area (Å²) in [5.74, 6) is -0.306. The highest BCUT2D eigenvalue weighted by Gasteiger charge is 2.37. The Labute approximate surface area is 232 Å². The van der Waals surface area contributed by atoms with Gasteiger partial charge in [0.1, 0.15) is 6.04 Å². The minimum Gasteiger partial charge on any atom is -0.368 e. The van der Waals surface area contributed by atoms with Gasteiger partial charge in [-0.15, -0.1) is 0 Å². The van der Waals surface area contributed by atoms with E-state index in [2.05, 4.69) is 9.88 Å². The largest absolute Gasteiger partial charge is 0.368 e. The molecule has 1 unspecified atom stereocenters. The quantitative estimate of drug-likeness (QED) is 0.239. The van der Waals surface area contributed by atoms with Crippen molar-refractivity contribution >= 4 is 38.1 Å². The molecule has 11 heteroatoms. The first-order chi connectivity index (χ1) is 19.3.